The number of aromatic hydroxyl groups is 1. The second-order valence-electron chi connectivity index (χ2n) is 8.33. The molecule has 0 heterocycles. The minimum atomic E-state index is -1.23. The Morgan fingerprint density at radius 2 is 1.66 bits per heavy atom. The Kier molecular flexibility index (Phi) is 12.0. The van der Waals surface area contributed by atoms with Gasteiger partial charge in [0.05, 0.1) is 12.6 Å². The van der Waals surface area contributed by atoms with Gasteiger partial charge in [-0.1, -0.05) is 26.0 Å². The molecule has 194 valence electrons. The minimum absolute atomic E-state index is 0.0907. The average molecular weight is 494 g/mol. The molecule has 0 bridgehead atoms. The van der Waals surface area contributed by atoms with E-state index in [0.29, 0.717) is 6.42 Å². The number of hydrogen-bond donors (Lipinski definition) is 8. The quantitative estimate of drug-likeness (QED) is 0.0823. The molecule has 0 aliphatic carbocycles. The van der Waals surface area contributed by atoms with Crippen LogP contribution in [0.1, 0.15) is 32.3 Å². The number of aliphatic imine (C=N–C) groups is 1. The number of carboxylic acids is 1. The van der Waals surface area contributed by atoms with Crippen LogP contribution in [0.4, 0.5) is 0 Å². The van der Waals surface area contributed by atoms with E-state index >= 15 is 0 Å². The molecular formula is C22H35N7O6. The molecule has 0 saturated heterocycles. The predicted molar refractivity (Wildman–Crippen MR) is 129 cm³/mol. The van der Waals surface area contributed by atoms with Gasteiger partial charge >= 0.3 is 5.97 Å². The lowest BCUT2D eigenvalue weighted by Crippen LogP contribution is -2.55. The van der Waals surface area contributed by atoms with Crippen LogP contribution in [0.3, 0.4) is 0 Å². The van der Waals surface area contributed by atoms with Crippen LogP contribution in [-0.2, 0) is 25.6 Å². The Morgan fingerprint density at radius 3 is 2.20 bits per heavy atom. The normalized spacial score (nSPS) is 13.3. The first-order valence-corrected chi connectivity index (χ1v) is 11.1. The molecule has 0 fully saturated rings. The third kappa shape index (κ3) is 11.2. The smallest absolute Gasteiger partial charge is 0.326 e. The number of amides is 3. The van der Waals surface area contributed by atoms with E-state index in [1.54, 1.807) is 26.0 Å². The zero-order chi connectivity index (χ0) is 26.5. The molecule has 3 atom stereocenters. The van der Waals surface area contributed by atoms with Crippen LogP contribution in [0.2, 0.25) is 0 Å². The molecule has 1 aromatic rings. The zero-order valence-electron chi connectivity index (χ0n) is 19.9. The summed E-state index contributed by atoms with van der Waals surface area (Å²) in [5.41, 5.74) is 17.1. The Balaban J connectivity index is 2.59. The van der Waals surface area contributed by atoms with Gasteiger partial charge in [0.15, 0.2) is 5.96 Å². The maximum atomic E-state index is 12.6. The van der Waals surface area contributed by atoms with E-state index in [2.05, 4.69) is 20.9 Å². The van der Waals surface area contributed by atoms with Crippen molar-refractivity contribution in [3.8, 4) is 5.75 Å². The van der Waals surface area contributed by atoms with Crippen molar-refractivity contribution < 1.29 is 29.4 Å². The van der Waals surface area contributed by atoms with Crippen molar-refractivity contribution in [1.29, 1.82) is 0 Å². The highest BCUT2D eigenvalue weighted by Gasteiger charge is 2.27. The fourth-order valence-corrected chi connectivity index (χ4v) is 3.06. The lowest BCUT2D eigenvalue weighted by Gasteiger charge is -2.23. The number of phenols is 1. The molecule has 35 heavy (non-hydrogen) atoms. The fraction of sp³-hybridized carbons (Fsp3) is 0.500. The molecule has 0 spiro atoms. The lowest BCUT2D eigenvalue weighted by molar-refractivity contribution is -0.142. The first-order chi connectivity index (χ1) is 16.4. The summed E-state index contributed by atoms with van der Waals surface area (Å²) >= 11 is 0. The topological polar surface area (TPSA) is 235 Å². The van der Waals surface area contributed by atoms with Gasteiger partial charge < -0.3 is 43.4 Å². The number of nitrogens with one attached hydrogen (secondary N) is 3. The number of nitrogens with two attached hydrogens (primary N) is 3. The van der Waals surface area contributed by atoms with Crippen molar-refractivity contribution in [2.75, 3.05) is 13.1 Å². The third-order valence-corrected chi connectivity index (χ3v) is 4.98. The number of guanidine groups is 1. The summed E-state index contributed by atoms with van der Waals surface area (Å²) in [7, 11) is 0. The molecule has 3 unspecified atom stereocenters. The number of carbonyl (C=O) groups is 4. The second-order valence-corrected chi connectivity index (χ2v) is 8.33. The van der Waals surface area contributed by atoms with E-state index in [1.807, 2.05) is 0 Å². The van der Waals surface area contributed by atoms with E-state index in [1.165, 1.54) is 12.1 Å². The number of nitrogens with zero attached hydrogens (tertiary/aromatic N) is 1. The second kappa shape index (κ2) is 14.4. The van der Waals surface area contributed by atoms with Crippen molar-refractivity contribution in [2.24, 2.45) is 28.1 Å². The van der Waals surface area contributed by atoms with Crippen LogP contribution in [-0.4, -0.2) is 71.1 Å². The van der Waals surface area contributed by atoms with Gasteiger partial charge in [-0.3, -0.25) is 19.4 Å². The Labute approximate surface area is 203 Å². The van der Waals surface area contributed by atoms with Gasteiger partial charge in [0, 0.05) is 6.54 Å². The van der Waals surface area contributed by atoms with E-state index in [9.17, 15) is 29.4 Å². The molecule has 13 heteroatoms. The monoisotopic (exact) mass is 493 g/mol. The summed E-state index contributed by atoms with van der Waals surface area (Å²) in [6, 6.07) is 3.16. The van der Waals surface area contributed by atoms with Crippen LogP contribution < -0.4 is 33.2 Å². The first kappa shape index (κ1) is 29.2. The molecule has 0 saturated carbocycles. The number of benzene rings is 1. The van der Waals surface area contributed by atoms with E-state index in [0.717, 1.165) is 5.56 Å². The van der Waals surface area contributed by atoms with Gasteiger partial charge in [0.2, 0.25) is 17.7 Å². The standard InChI is InChI=1S/C22H35N7O6/c1-12(2)18(29-19(32)15(23)10-13-5-7-14(30)8-6-13)20(33)27-11-17(31)28-16(21(34)35)4-3-9-26-22(24)25/h5-8,12,15-16,18,30H,3-4,9-11,23H2,1-2H3,(H,27,33)(H,28,31)(H,29,32)(H,34,35)(H4,24,25,26). The molecule has 1 rings (SSSR count). The Hall–Kier alpha value is -3.87. The molecule has 0 aliphatic heterocycles. The van der Waals surface area contributed by atoms with Crippen LogP contribution in [0.15, 0.2) is 29.3 Å². The molecule has 11 N–H and O–H groups in total. The third-order valence-electron chi connectivity index (χ3n) is 4.98. The summed E-state index contributed by atoms with van der Waals surface area (Å²) in [5, 5.41) is 26.0. The molecular weight excluding hydrogens is 458 g/mol. The molecule has 3 amide bonds. The van der Waals surface area contributed by atoms with Crippen molar-refractivity contribution in [3.05, 3.63) is 29.8 Å². The number of phenolic OH excluding ortho intramolecular Hbond substituents is 1. The van der Waals surface area contributed by atoms with Gasteiger partial charge in [0.1, 0.15) is 17.8 Å². The van der Waals surface area contributed by atoms with Crippen molar-refractivity contribution >= 4 is 29.7 Å². The van der Waals surface area contributed by atoms with Crippen LogP contribution in [0.5, 0.6) is 5.75 Å². The van der Waals surface area contributed by atoms with Crippen molar-refractivity contribution in [2.45, 2.75) is 51.2 Å². The number of hydrogen-bond acceptors (Lipinski definition) is 7. The maximum absolute atomic E-state index is 12.6. The van der Waals surface area contributed by atoms with Gasteiger partial charge in [-0.25, -0.2) is 4.79 Å². The predicted octanol–water partition coefficient (Wildman–Crippen LogP) is -1.86. The molecule has 1 aromatic carbocycles. The SMILES string of the molecule is CC(C)C(NC(=O)C(N)Cc1ccc(O)cc1)C(=O)NCC(=O)NC(CCCN=C(N)N)C(=O)O. The molecule has 13 nitrogen and oxygen atoms in total. The van der Waals surface area contributed by atoms with Gasteiger partial charge in [0.25, 0.3) is 0 Å². The number of carbonyl (C=O) groups excluding carboxylic acids is 3. The summed E-state index contributed by atoms with van der Waals surface area (Å²) in [6.45, 7) is 3.17. The summed E-state index contributed by atoms with van der Waals surface area (Å²) in [6.07, 6.45) is 0.615. The zero-order valence-corrected chi connectivity index (χ0v) is 19.9. The maximum Gasteiger partial charge on any atom is 0.326 e. The Morgan fingerprint density at radius 1 is 1.03 bits per heavy atom. The Bertz CT molecular complexity index is 900. The highest BCUT2D eigenvalue weighted by Crippen LogP contribution is 2.11. The molecule has 0 aromatic heterocycles. The first-order valence-electron chi connectivity index (χ1n) is 11.1. The average Bonchev–Trinajstić information content (AvgIpc) is 2.78. The summed E-state index contributed by atoms with van der Waals surface area (Å²) < 4.78 is 0. The van der Waals surface area contributed by atoms with E-state index in [4.69, 9.17) is 17.2 Å². The fourth-order valence-electron chi connectivity index (χ4n) is 3.06. The highest BCUT2D eigenvalue weighted by molar-refractivity contribution is 5.92. The molecule has 0 radical (unpaired) electrons. The van der Waals surface area contributed by atoms with Crippen LogP contribution in [0.25, 0.3) is 0 Å². The number of aliphatic carboxylic acids is 1. The number of rotatable bonds is 14. The van der Waals surface area contributed by atoms with Crippen LogP contribution in [0, 0.1) is 5.92 Å². The van der Waals surface area contributed by atoms with Crippen molar-refractivity contribution in [3.63, 3.8) is 0 Å². The van der Waals surface area contributed by atoms with E-state index in [-0.39, 0.29) is 37.0 Å². The van der Waals surface area contributed by atoms with Gasteiger partial charge in [-0.15, -0.1) is 0 Å². The van der Waals surface area contributed by atoms with Gasteiger partial charge in [-0.05, 0) is 42.9 Å². The largest absolute Gasteiger partial charge is 0.508 e. The lowest BCUT2D eigenvalue weighted by atomic mass is 10.0. The summed E-state index contributed by atoms with van der Waals surface area (Å²) in [5.74, 6) is -3.44. The van der Waals surface area contributed by atoms with Crippen molar-refractivity contribution in [1.82, 2.24) is 16.0 Å². The van der Waals surface area contributed by atoms with Crippen LogP contribution >= 0.6 is 0 Å². The highest BCUT2D eigenvalue weighted by atomic mass is 16.4. The van der Waals surface area contributed by atoms with Gasteiger partial charge in [-0.2, -0.15) is 0 Å². The minimum Gasteiger partial charge on any atom is -0.508 e. The molecule has 0 aliphatic rings. The summed E-state index contributed by atoms with van der Waals surface area (Å²) in [4.78, 5) is 52.4. The number of carboxylic acid groups (broad SMARTS) is 1. The van der Waals surface area contributed by atoms with E-state index < -0.39 is 48.4 Å².